The van der Waals surface area contributed by atoms with Crippen LogP contribution < -0.4 is 10.6 Å². The molecule has 1 aromatic carbocycles. The fourth-order valence-electron chi connectivity index (χ4n) is 3.66. The van der Waals surface area contributed by atoms with E-state index in [1.165, 1.54) is 0 Å². The molecule has 2 aliphatic rings. The minimum absolute atomic E-state index is 0.0197. The number of piperidine rings is 1. The van der Waals surface area contributed by atoms with Crippen LogP contribution in [0.5, 0.6) is 0 Å². The molecule has 9 nitrogen and oxygen atoms in total. The van der Waals surface area contributed by atoms with E-state index >= 15 is 0 Å². The van der Waals surface area contributed by atoms with Gasteiger partial charge in [0.05, 0.1) is 0 Å². The molecule has 0 aliphatic carbocycles. The molecule has 0 spiro atoms. The Morgan fingerprint density at radius 2 is 1.85 bits per heavy atom. The number of nitrogens with zero attached hydrogens (tertiary/aromatic N) is 4. The van der Waals surface area contributed by atoms with Crippen LogP contribution in [-0.2, 0) is 27.3 Å². The van der Waals surface area contributed by atoms with Crippen LogP contribution in [-0.4, -0.2) is 37.9 Å². The molecule has 1 unspecified atom stereocenters. The van der Waals surface area contributed by atoms with Crippen molar-refractivity contribution in [1.82, 2.24) is 25.5 Å². The van der Waals surface area contributed by atoms with Gasteiger partial charge < -0.3 is 5.32 Å². The normalized spacial score (nSPS) is 20.5. The van der Waals surface area contributed by atoms with Crippen molar-refractivity contribution in [1.29, 1.82) is 0 Å². The predicted molar refractivity (Wildman–Crippen MR) is 94.4 cm³/mol. The number of tetrazole rings is 1. The van der Waals surface area contributed by atoms with E-state index in [4.69, 9.17) is 0 Å². The molecule has 0 bridgehead atoms. The molecule has 1 atom stereocenters. The predicted octanol–water partition coefficient (Wildman–Crippen LogP) is 0.784. The minimum atomic E-state index is -0.244. The zero-order valence-electron chi connectivity index (χ0n) is 14.7. The Hall–Kier alpha value is -3.10. The molecular formula is C18H20N6O3. The molecule has 2 aliphatic heterocycles. The molecule has 2 N–H and O–H groups in total. The van der Waals surface area contributed by atoms with Crippen molar-refractivity contribution in [2.24, 2.45) is 5.92 Å². The van der Waals surface area contributed by atoms with E-state index in [9.17, 15) is 14.4 Å². The second-order valence-corrected chi connectivity index (χ2v) is 7.03. The summed E-state index contributed by atoms with van der Waals surface area (Å²) in [5, 5.41) is 16.8. The first-order chi connectivity index (χ1) is 13.1. The van der Waals surface area contributed by atoms with Gasteiger partial charge in [-0.1, -0.05) is 12.1 Å². The van der Waals surface area contributed by atoms with Crippen molar-refractivity contribution in [3.8, 4) is 0 Å². The topological polar surface area (TPSA) is 119 Å². The first-order valence-electron chi connectivity index (χ1n) is 9.07. The largest absolute Gasteiger partial charge is 0.326 e. The highest BCUT2D eigenvalue weighted by Gasteiger charge is 2.26. The third-order valence-electron chi connectivity index (χ3n) is 5.17. The highest BCUT2D eigenvalue weighted by Crippen LogP contribution is 2.27. The molecule has 0 saturated carbocycles. The van der Waals surface area contributed by atoms with Gasteiger partial charge in [-0.05, 0) is 41.0 Å². The minimum Gasteiger partial charge on any atom is -0.326 e. The molecule has 3 heterocycles. The molecule has 27 heavy (non-hydrogen) atoms. The molecule has 1 saturated heterocycles. The molecule has 3 amide bonds. The number of hydrogen-bond acceptors (Lipinski definition) is 6. The maximum atomic E-state index is 12.6. The molecule has 4 rings (SSSR count). The van der Waals surface area contributed by atoms with Crippen LogP contribution >= 0.6 is 0 Å². The van der Waals surface area contributed by atoms with Crippen molar-refractivity contribution < 1.29 is 14.4 Å². The van der Waals surface area contributed by atoms with Crippen molar-refractivity contribution >= 4 is 23.4 Å². The maximum absolute atomic E-state index is 12.6. The monoisotopic (exact) mass is 368 g/mol. The summed E-state index contributed by atoms with van der Waals surface area (Å²) < 4.78 is 1.75. The number of aromatic nitrogens is 4. The Labute approximate surface area is 155 Å². The average molecular weight is 368 g/mol. The number of carbonyl (C=O) groups is 3. The van der Waals surface area contributed by atoms with Gasteiger partial charge in [0.1, 0.15) is 0 Å². The van der Waals surface area contributed by atoms with E-state index in [0.29, 0.717) is 44.3 Å². The molecule has 2 aromatic rings. The van der Waals surface area contributed by atoms with E-state index in [1.807, 2.05) is 24.3 Å². The van der Waals surface area contributed by atoms with Crippen molar-refractivity contribution in [3.05, 3.63) is 35.7 Å². The lowest BCUT2D eigenvalue weighted by Crippen LogP contribution is -2.37. The van der Waals surface area contributed by atoms with Crippen molar-refractivity contribution in [3.63, 3.8) is 0 Å². The van der Waals surface area contributed by atoms with Crippen LogP contribution in [0.2, 0.25) is 0 Å². The summed E-state index contributed by atoms with van der Waals surface area (Å²) >= 11 is 0. The Morgan fingerprint density at radius 3 is 2.59 bits per heavy atom. The van der Waals surface area contributed by atoms with Gasteiger partial charge >= 0.3 is 0 Å². The zero-order valence-corrected chi connectivity index (χ0v) is 14.7. The lowest BCUT2D eigenvalue weighted by Gasteiger charge is -2.21. The standard InChI is InChI=1S/C18H20N6O3/c25-16-9-13(10-17(26)20-16)11-1-4-14(5-2-11)19-18(27)12-3-6-15-21-22-23-24(15)8-7-12/h1-2,4-5,12-13H,3,6-10H2,(H,19,27)(H,20,25,26). The van der Waals surface area contributed by atoms with E-state index in [0.717, 1.165) is 11.4 Å². The van der Waals surface area contributed by atoms with Crippen LogP contribution in [0.1, 0.15) is 43.0 Å². The lowest BCUT2D eigenvalue weighted by molar-refractivity contribution is -0.133. The second-order valence-electron chi connectivity index (χ2n) is 7.03. The number of rotatable bonds is 3. The van der Waals surface area contributed by atoms with Crippen LogP contribution in [0.4, 0.5) is 5.69 Å². The number of imide groups is 1. The average Bonchev–Trinajstić information content (AvgIpc) is 2.99. The summed E-state index contributed by atoms with van der Waals surface area (Å²) in [5.41, 5.74) is 1.63. The van der Waals surface area contributed by atoms with Gasteiger partial charge in [0.25, 0.3) is 0 Å². The van der Waals surface area contributed by atoms with Gasteiger partial charge in [0.15, 0.2) is 5.82 Å². The van der Waals surface area contributed by atoms with Gasteiger partial charge in [-0.3, -0.25) is 19.7 Å². The molecule has 1 fully saturated rings. The fourth-order valence-corrected chi connectivity index (χ4v) is 3.66. The van der Waals surface area contributed by atoms with E-state index < -0.39 is 0 Å². The summed E-state index contributed by atoms with van der Waals surface area (Å²) in [7, 11) is 0. The number of amides is 3. The Balaban J connectivity index is 1.37. The van der Waals surface area contributed by atoms with E-state index in [1.54, 1.807) is 4.68 Å². The lowest BCUT2D eigenvalue weighted by atomic mass is 9.89. The van der Waals surface area contributed by atoms with Crippen molar-refractivity contribution in [2.75, 3.05) is 5.32 Å². The molecule has 140 valence electrons. The quantitative estimate of drug-likeness (QED) is 0.773. The van der Waals surface area contributed by atoms with Crippen LogP contribution in [0.25, 0.3) is 0 Å². The van der Waals surface area contributed by atoms with Gasteiger partial charge in [-0.15, -0.1) is 5.10 Å². The van der Waals surface area contributed by atoms with Crippen molar-refractivity contribution in [2.45, 2.75) is 44.6 Å². The second kappa shape index (κ2) is 7.26. The molecular weight excluding hydrogens is 348 g/mol. The van der Waals surface area contributed by atoms with Crippen LogP contribution in [0.3, 0.4) is 0 Å². The number of nitrogens with one attached hydrogen (secondary N) is 2. The number of hydrogen-bond donors (Lipinski definition) is 2. The zero-order chi connectivity index (χ0) is 18.8. The highest BCUT2D eigenvalue weighted by atomic mass is 16.2. The first kappa shape index (κ1) is 17.3. The van der Waals surface area contributed by atoms with E-state index in [2.05, 4.69) is 26.2 Å². The van der Waals surface area contributed by atoms with Gasteiger partial charge in [0.2, 0.25) is 17.7 Å². The molecule has 1 aromatic heterocycles. The third-order valence-corrected chi connectivity index (χ3v) is 5.17. The number of anilines is 1. The van der Waals surface area contributed by atoms with Gasteiger partial charge in [-0.2, -0.15) is 0 Å². The first-order valence-corrected chi connectivity index (χ1v) is 9.07. The number of benzene rings is 1. The Bertz CT molecular complexity index is 837. The Kier molecular flexibility index (Phi) is 4.66. The highest BCUT2D eigenvalue weighted by molar-refractivity contribution is 5.98. The molecule has 0 radical (unpaired) electrons. The number of aryl methyl sites for hydroxylation is 2. The summed E-state index contributed by atoms with van der Waals surface area (Å²) in [6.45, 7) is 0.636. The summed E-state index contributed by atoms with van der Waals surface area (Å²) in [4.78, 5) is 35.7. The smallest absolute Gasteiger partial charge is 0.227 e. The summed E-state index contributed by atoms with van der Waals surface area (Å²) in [6, 6.07) is 7.36. The van der Waals surface area contributed by atoms with Gasteiger partial charge in [0, 0.05) is 43.3 Å². The third kappa shape index (κ3) is 3.86. The number of fused-ring (bicyclic) bond motifs is 1. The SMILES string of the molecule is O=C1CC(c2ccc(NC(=O)C3CCc4nnnn4CC3)cc2)CC(=O)N1. The van der Waals surface area contributed by atoms with E-state index in [-0.39, 0.29) is 29.6 Å². The summed E-state index contributed by atoms with van der Waals surface area (Å²) in [5.74, 6) is 0.0989. The van der Waals surface area contributed by atoms with Crippen LogP contribution in [0, 0.1) is 5.92 Å². The molecule has 9 heteroatoms. The fraction of sp³-hybridized carbons (Fsp3) is 0.444. The van der Waals surface area contributed by atoms with Crippen LogP contribution in [0.15, 0.2) is 24.3 Å². The summed E-state index contributed by atoms with van der Waals surface area (Å²) in [6.07, 6.45) is 2.70. The Morgan fingerprint density at radius 1 is 1.11 bits per heavy atom. The maximum Gasteiger partial charge on any atom is 0.227 e. The number of carbonyl (C=O) groups excluding carboxylic acids is 3. The van der Waals surface area contributed by atoms with Gasteiger partial charge in [-0.25, -0.2) is 4.68 Å².